The first-order valence-electron chi connectivity index (χ1n) is 11.1. The molecule has 0 aromatic heterocycles. The summed E-state index contributed by atoms with van der Waals surface area (Å²) in [6, 6.07) is 6.57. The van der Waals surface area contributed by atoms with E-state index >= 15 is 0 Å². The van der Waals surface area contributed by atoms with Gasteiger partial charge < -0.3 is 42.6 Å². The Labute approximate surface area is 213 Å². The van der Waals surface area contributed by atoms with Crippen molar-refractivity contribution in [3.05, 3.63) is 29.8 Å². The highest BCUT2D eigenvalue weighted by molar-refractivity contribution is 7.66. The fraction of sp³-hybridized carbons (Fsp3) is 0.480. The highest BCUT2D eigenvalue weighted by Crippen LogP contribution is 2.41. The fourth-order valence-corrected chi connectivity index (χ4v) is 4.15. The van der Waals surface area contributed by atoms with E-state index in [-0.39, 0.29) is 11.1 Å². The molecular formula is C25H35O10P. The van der Waals surface area contributed by atoms with Gasteiger partial charge in [0.15, 0.2) is 24.4 Å². The van der Waals surface area contributed by atoms with E-state index in [0.29, 0.717) is 39.8 Å². The van der Waals surface area contributed by atoms with E-state index in [1.54, 1.807) is 45.0 Å². The third-order valence-electron chi connectivity index (χ3n) is 5.10. The maximum Gasteiger partial charge on any atom is 0.196 e. The minimum atomic E-state index is -0.614. The summed E-state index contributed by atoms with van der Waals surface area (Å²) in [5.41, 5.74) is -0.000865. The van der Waals surface area contributed by atoms with E-state index in [1.807, 2.05) is 0 Å². The smallest absolute Gasteiger partial charge is 0.196 e. The van der Waals surface area contributed by atoms with Crippen molar-refractivity contribution in [3.8, 4) is 34.5 Å². The summed E-state index contributed by atoms with van der Waals surface area (Å²) in [5.74, 6) is 2.24. The fourth-order valence-electron chi connectivity index (χ4n) is 3.04. The minimum absolute atomic E-state index is 0.268. The molecular weight excluding hydrogens is 491 g/mol. The first kappa shape index (κ1) is 29.5. The van der Waals surface area contributed by atoms with E-state index in [9.17, 15) is 4.79 Å². The number of ether oxygens (including phenoxy) is 9. The first-order chi connectivity index (χ1) is 17.2. The molecule has 0 amide bonds. The van der Waals surface area contributed by atoms with Crippen molar-refractivity contribution in [2.45, 2.75) is 39.6 Å². The zero-order valence-electron chi connectivity index (χ0n) is 22.1. The topological polar surface area (TPSA) is 100 Å². The first-order valence-corrected chi connectivity index (χ1v) is 12.1. The third kappa shape index (κ3) is 7.61. The molecule has 0 spiro atoms. The van der Waals surface area contributed by atoms with E-state index in [0.717, 1.165) is 0 Å². The standard InChI is InChI=1S/C25H35O10P/c1-14(27-4)33-18-12-21(34-15(2)28-5)24(22(13-18)35-16(3)29-6)36-25(26)23-19(31-8)10-17(30-7)11-20(23)32-9/h10-16,36H,1-9H3. The van der Waals surface area contributed by atoms with Gasteiger partial charge in [0.25, 0.3) is 0 Å². The molecule has 2 aromatic carbocycles. The van der Waals surface area contributed by atoms with Crippen LogP contribution in [-0.2, 0) is 14.2 Å². The van der Waals surface area contributed by atoms with Gasteiger partial charge in [-0.15, -0.1) is 0 Å². The average Bonchev–Trinajstić information content (AvgIpc) is 2.88. The quantitative estimate of drug-likeness (QED) is 0.250. The van der Waals surface area contributed by atoms with Gasteiger partial charge in [-0.25, -0.2) is 0 Å². The lowest BCUT2D eigenvalue weighted by molar-refractivity contribution is -0.0458. The van der Waals surface area contributed by atoms with Crippen LogP contribution in [0.25, 0.3) is 0 Å². The van der Waals surface area contributed by atoms with Crippen molar-refractivity contribution in [1.29, 1.82) is 0 Å². The Balaban J connectivity index is 2.65. The molecule has 2 rings (SSSR count). The van der Waals surface area contributed by atoms with Crippen molar-refractivity contribution in [1.82, 2.24) is 0 Å². The van der Waals surface area contributed by atoms with Crippen LogP contribution in [-0.4, -0.2) is 67.1 Å². The van der Waals surface area contributed by atoms with Crippen LogP contribution < -0.4 is 33.7 Å². The van der Waals surface area contributed by atoms with Crippen molar-refractivity contribution >= 4 is 19.4 Å². The molecule has 10 nitrogen and oxygen atoms in total. The molecule has 0 N–H and O–H groups in total. The van der Waals surface area contributed by atoms with Gasteiger partial charge in [0.05, 0.1) is 26.6 Å². The zero-order chi connectivity index (χ0) is 26.8. The van der Waals surface area contributed by atoms with Crippen LogP contribution in [0, 0.1) is 0 Å². The van der Waals surface area contributed by atoms with Gasteiger partial charge in [0, 0.05) is 45.6 Å². The molecule has 0 fully saturated rings. The Bertz CT molecular complexity index is 954. The van der Waals surface area contributed by atoms with E-state index in [1.165, 1.54) is 42.7 Å². The molecule has 0 bridgehead atoms. The molecule has 0 radical (unpaired) electrons. The van der Waals surface area contributed by atoms with Crippen LogP contribution in [0.2, 0.25) is 0 Å². The van der Waals surface area contributed by atoms with Crippen molar-refractivity contribution in [2.24, 2.45) is 0 Å². The van der Waals surface area contributed by atoms with Crippen LogP contribution in [0.3, 0.4) is 0 Å². The number of hydrogen-bond acceptors (Lipinski definition) is 10. The summed E-state index contributed by atoms with van der Waals surface area (Å²) in [6.07, 6.45) is -1.76. The summed E-state index contributed by atoms with van der Waals surface area (Å²) in [4.78, 5) is 13.7. The van der Waals surface area contributed by atoms with Gasteiger partial charge >= 0.3 is 0 Å². The number of hydrogen-bond donors (Lipinski definition) is 0. The molecule has 0 aliphatic heterocycles. The molecule has 4 atom stereocenters. The number of rotatable bonds is 15. The Morgan fingerprint density at radius 3 is 1.42 bits per heavy atom. The van der Waals surface area contributed by atoms with Gasteiger partial charge in [0.1, 0.15) is 40.1 Å². The maximum absolute atomic E-state index is 13.7. The average molecular weight is 527 g/mol. The van der Waals surface area contributed by atoms with Gasteiger partial charge in [-0.1, -0.05) is 0 Å². The molecule has 0 aliphatic rings. The zero-order valence-corrected chi connectivity index (χ0v) is 23.1. The molecule has 36 heavy (non-hydrogen) atoms. The van der Waals surface area contributed by atoms with E-state index in [4.69, 9.17) is 42.6 Å². The summed E-state index contributed by atoms with van der Waals surface area (Å²) in [6.45, 7) is 5.21. The largest absolute Gasteiger partial charge is 0.496 e. The highest BCUT2D eigenvalue weighted by Gasteiger charge is 2.26. The second-order valence-corrected chi connectivity index (χ2v) is 8.62. The lowest BCUT2D eigenvalue weighted by Crippen LogP contribution is -2.23. The van der Waals surface area contributed by atoms with Crippen molar-refractivity contribution < 1.29 is 47.4 Å². The normalized spacial score (nSPS) is 13.7. The van der Waals surface area contributed by atoms with Crippen LogP contribution in [0.15, 0.2) is 24.3 Å². The van der Waals surface area contributed by atoms with Gasteiger partial charge in [-0.3, -0.25) is 4.79 Å². The Hall–Kier alpha value is -2.78. The van der Waals surface area contributed by atoms with Crippen LogP contribution in [0.4, 0.5) is 0 Å². The SMILES string of the molecule is COc1cc(OC)c(C(=O)Pc2c(OC(C)OC)cc(OC(C)OC)cc2OC(C)OC)c(OC)c1. The number of carbonyl (C=O) groups is 1. The van der Waals surface area contributed by atoms with E-state index < -0.39 is 27.5 Å². The van der Waals surface area contributed by atoms with Gasteiger partial charge in [0.2, 0.25) is 0 Å². The summed E-state index contributed by atoms with van der Waals surface area (Å²) in [5, 5.41) is 0.491. The van der Waals surface area contributed by atoms with E-state index in [2.05, 4.69) is 0 Å². The number of methoxy groups -OCH3 is 6. The predicted molar refractivity (Wildman–Crippen MR) is 136 cm³/mol. The predicted octanol–water partition coefficient (Wildman–Crippen LogP) is 3.97. The Morgan fingerprint density at radius 1 is 0.611 bits per heavy atom. The van der Waals surface area contributed by atoms with Gasteiger partial charge in [-0.05, 0) is 29.4 Å². The van der Waals surface area contributed by atoms with Crippen LogP contribution in [0.1, 0.15) is 31.1 Å². The number of carbonyl (C=O) groups excluding carboxylic acids is 1. The number of benzene rings is 2. The summed E-state index contributed by atoms with van der Waals surface area (Å²) in [7, 11) is 8.59. The van der Waals surface area contributed by atoms with Gasteiger partial charge in [-0.2, -0.15) is 0 Å². The molecule has 0 saturated carbocycles. The molecule has 0 aliphatic carbocycles. The molecule has 0 heterocycles. The molecule has 2 aromatic rings. The molecule has 11 heteroatoms. The lowest BCUT2D eigenvalue weighted by atomic mass is 10.2. The molecule has 4 unspecified atom stereocenters. The Kier molecular flexibility index (Phi) is 11.5. The lowest BCUT2D eigenvalue weighted by Gasteiger charge is -2.23. The van der Waals surface area contributed by atoms with Crippen LogP contribution >= 0.6 is 8.58 Å². The summed E-state index contributed by atoms with van der Waals surface area (Å²) < 4.78 is 49.9. The minimum Gasteiger partial charge on any atom is -0.496 e. The highest BCUT2D eigenvalue weighted by atomic mass is 31.1. The third-order valence-corrected chi connectivity index (χ3v) is 6.32. The summed E-state index contributed by atoms with van der Waals surface area (Å²) >= 11 is 0. The second kappa shape index (κ2) is 14.1. The maximum atomic E-state index is 13.7. The Morgan fingerprint density at radius 2 is 1.03 bits per heavy atom. The van der Waals surface area contributed by atoms with Crippen molar-refractivity contribution in [2.75, 3.05) is 42.7 Å². The van der Waals surface area contributed by atoms with Crippen LogP contribution in [0.5, 0.6) is 34.5 Å². The molecule has 200 valence electrons. The monoisotopic (exact) mass is 526 g/mol. The second-order valence-electron chi connectivity index (χ2n) is 7.42. The molecule has 0 saturated heterocycles. The van der Waals surface area contributed by atoms with Crippen molar-refractivity contribution in [3.63, 3.8) is 0 Å².